The lowest BCUT2D eigenvalue weighted by molar-refractivity contribution is 0.0693. The largest absolute Gasteiger partial charge is 0.507 e. The summed E-state index contributed by atoms with van der Waals surface area (Å²) in [4.78, 5) is 10.9. The van der Waals surface area contributed by atoms with Gasteiger partial charge in [-0.2, -0.15) is 0 Å². The van der Waals surface area contributed by atoms with Crippen molar-refractivity contribution in [3.63, 3.8) is 0 Å². The minimum atomic E-state index is -0.591. The zero-order valence-electron chi connectivity index (χ0n) is 5.67. The summed E-state index contributed by atoms with van der Waals surface area (Å²) in [6.07, 6.45) is 0.503. The van der Waals surface area contributed by atoms with Crippen LogP contribution in [0.5, 0.6) is 0 Å². The van der Waals surface area contributed by atoms with Crippen molar-refractivity contribution in [1.29, 1.82) is 0 Å². The molecule has 0 aromatic heterocycles. The van der Waals surface area contributed by atoms with Gasteiger partial charge < -0.3 is 9.47 Å². The second-order valence-electron chi connectivity index (χ2n) is 2.28. The standard InChI is InChI=1S/C6H9BrO3/c1-9-6(8)10-3-4-2-5(4)7/h4-5H,2-3H2,1H3/t4-,5+/m1/s1. The molecule has 2 atom stereocenters. The Morgan fingerprint density at radius 3 is 2.80 bits per heavy atom. The molecule has 4 heteroatoms. The molecule has 0 unspecified atom stereocenters. The maximum absolute atomic E-state index is 10.4. The van der Waals surface area contributed by atoms with E-state index in [1.165, 1.54) is 7.11 Å². The Morgan fingerprint density at radius 2 is 2.40 bits per heavy atom. The van der Waals surface area contributed by atoms with E-state index in [1.807, 2.05) is 0 Å². The molecule has 0 bridgehead atoms. The average molecular weight is 209 g/mol. The van der Waals surface area contributed by atoms with E-state index in [0.717, 1.165) is 6.42 Å². The number of hydrogen-bond acceptors (Lipinski definition) is 3. The fourth-order valence-corrected chi connectivity index (χ4v) is 1.25. The van der Waals surface area contributed by atoms with Crippen LogP contribution >= 0.6 is 15.9 Å². The minimum absolute atomic E-state index is 0.475. The van der Waals surface area contributed by atoms with Crippen molar-refractivity contribution in [2.45, 2.75) is 11.2 Å². The molecule has 0 heterocycles. The number of carbonyl (C=O) groups is 1. The summed E-state index contributed by atoms with van der Waals surface area (Å²) in [7, 11) is 1.31. The number of methoxy groups -OCH3 is 1. The van der Waals surface area contributed by atoms with E-state index in [2.05, 4.69) is 20.7 Å². The second kappa shape index (κ2) is 3.23. The maximum atomic E-state index is 10.4. The topological polar surface area (TPSA) is 35.5 Å². The van der Waals surface area contributed by atoms with Gasteiger partial charge in [0.1, 0.15) is 0 Å². The molecule has 10 heavy (non-hydrogen) atoms. The predicted octanol–water partition coefficient (Wildman–Crippen LogP) is 1.55. The first-order valence-electron chi connectivity index (χ1n) is 3.09. The van der Waals surface area contributed by atoms with Crippen LogP contribution in [0.25, 0.3) is 0 Å². The van der Waals surface area contributed by atoms with E-state index in [1.54, 1.807) is 0 Å². The van der Waals surface area contributed by atoms with Crippen molar-refractivity contribution in [3.8, 4) is 0 Å². The fourth-order valence-electron chi connectivity index (χ4n) is 0.617. The molecule has 1 aliphatic rings. The Balaban J connectivity index is 2.00. The highest BCUT2D eigenvalue weighted by Gasteiger charge is 2.35. The highest BCUT2D eigenvalue weighted by atomic mass is 79.9. The molecule has 0 spiro atoms. The molecule has 3 nitrogen and oxygen atoms in total. The van der Waals surface area contributed by atoms with Gasteiger partial charge in [-0.3, -0.25) is 0 Å². The lowest BCUT2D eigenvalue weighted by Crippen LogP contribution is -2.07. The normalized spacial score (nSPS) is 29.4. The zero-order chi connectivity index (χ0) is 7.56. The first-order chi connectivity index (χ1) is 4.74. The van der Waals surface area contributed by atoms with Crippen LogP contribution in [0, 0.1) is 5.92 Å². The van der Waals surface area contributed by atoms with E-state index in [-0.39, 0.29) is 0 Å². The molecule has 1 rings (SSSR count). The fraction of sp³-hybridized carbons (Fsp3) is 0.833. The molecular formula is C6H9BrO3. The van der Waals surface area contributed by atoms with Gasteiger partial charge in [0.05, 0.1) is 13.7 Å². The summed E-state index contributed by atoms with van der Waals surface area (Å²) in [5, 5.41) is 0. The van der Waals surface area contributed by atoms with Crippen molar-refractivity contribution < 1.29 is 14.3 Å². The molecule has 0 saturated heterocycles. The van der Waals surface area contributed by atoms with E-state index < -0.39 is 6.16 Å². The third-order valence-corrected chi connectivity index (χ3v) is 2.54. The number of carbonyl (C=O) groups excluding carboxylic acids is 1. The minimum Gasteiger partial charge on any atom is -0.438 e. The van der Waals surface area contributed by atoms with Crippen LogP contribution in [0.1, 0.15) is 6.42 Å². The molecule has 0 aromatic rings. The number of ether oxygens (including phenoxy) is 2. The maximum Gasteiger partial charge on any atom is 0.507 e. The van der Waals surface area contributed by atoms with Gasteiger partial charge in [-0.15, -0.1) is 0 Å². The molecule has 1 fully saturated rings. The number of hydrogen-bond donors (Lipinski definition) is 0. The molecule has 58 valence electrons. The third kappa shape index (κ3) is 2.17. The molecule has 0 radical (unpaired) electrons. The van der Waals surface area contributed by atoms with Crippen molar-refractivity contribution in [3.05, 3.63) is 0 Å². The van der Waals surface area contributed by atoms with Crippen molar-refractivity contribution >= 4 is 22.1 Å². The van der Waals surface area contributed by atoms with Gasteiger partial charge in [0, 0.05) is 10.7 Å². The summed E-state index contributed by atoms with van der Waals surface area (Å²) < 4.78 is 8.98. The van der Waals surface area contributed by atoms with Crippen LogP contribution in [0.2, 0.25) is 0 Å². The predicted molar refractivity (Wildman–Crippen MR) is 39.2 cm³/mol. The zero-order valence-corrected chi connectivity index (χ0v) is 7.26. The smallest absolute Gasteiger partial charge is 0.438 e. The third-order valence-electron chi connectivity index (χ3n) is 1.42. The van der Waals surface area contributed by atoms with E-state index >= 15 is 0 Å². The highest BCUT2D eigenvalue weighted by Crippen LogP contribution is 2.37. The lowest BCUT2D eigenvalue weighted by Gasteiger charge is -1.99. The SMILES string of the molecule is COC(=O)OC[C@H]1C[C@@H]1Br. The van der Waals surface area contributed by atoms with Crippen LogP contribution in [0.15, 0.2) is 0 Å². The molecule has 1 saturated carbocycles. The summed E-state index contributed by atoms with van der Waals surface area (Å²) in [5.41, 5.74) is 0. The van der Waals surface area contributed by atoms with Gasteiger partial charge in [0.15, 0.2) is 0 Å². The second-order valence-corrected chi connectivity index (χ2v) is 3.45. The van der Waals surface area contributed by atoms with Crippen molar-refractivity contribution in [2.24, 2.45) is 5.92 Å². The highest BCUT2D eigenvalue weighted by molar-refractivity contribution is 9.09. The molecular weight excluding hydrogens is 200 g/mol. The van der Waals surface area contributed by atoms with Crippen molar-refractivity contribution in [1.82, 2.24) is 0 Å². The molecule has 0 aromatic carbocycles. The van der Waals surface area contributed by atoms with Crippen LogP contribution in [0.4, 0.5) is 4.79 Å². The van der Waals surface area contributed by atoms with Gasteiger partial charge in [-0.25, -0.2) is 4.79 Å². The Bertz CT molecular complexity index is 137. The first kappa shape index (κ1) is 7.85. The van der Waals surface area contributed by atoms with Crippen LogP contribution in [-0.4, -0.2) is 24.7 Å². The average Bonchev–Trinajstić information content (AvgIpc) is 2.61. The Hall–Kier alpha value is -0.250. The Morgan fingerprint density at radius 1 is 1.80 bits per heavy atom. The van der Waals surface area contributed by atoms with E-state index in [9.17, 15) is 4.79 Å². The number of rotatable bonds is 2. The van der Waals surface area contributed by atoms with E-state index in [4.69, 9.17) is 4.74 Å². The van der Waals surface area contributed by atoms with Gasteiger partial charge >= 0.3 is 6.16 Å². The first-order valence-corrected chi connectivity index (χ1v) is 4.00. The number of halogens is 1. The van der Waals surface area contributed by atoms with Gasteiger partial charge in [0.25, 0.3) is 0 Å². The van der Waals surface area contributed by atoms with Gasteiger partial charge in [-0.05, 0) is 6.42 Å². The van der Waals surface area contributed by atoms with Crippen LogP contribution in [0.3, 0.4) is 0 Å². The van der Waals surface area contributed by atoms with Gasteiger partial charge in [-0.1, -0.05) is 15.9 Å². The molecule has 0 aliphatic heterocycles. The van der Waals surface area contributed by atoms with Crippen LogP contribution in [-0.2, 0) is 9.47 Å². The quantitative estimate of drug-likeness (QED) is 0.511. The lowest BCUT2D eigenvalue weighted by atomic mass is 10.5. The van der Waals surface area contributed by atoms with Gasteiger partial charge in [0.2, 0.25) is 0 Å². The Labute approximate surface area is 67.8 Å². The van der Waals surface area contributed by atoms with Crippen LogP contribution < -0.4 is 0 Å². The summed E-state index contributed by atoms with van der Waals surface area (Å²) in [5.74, 6) is 0.499. The summed E-state index contributed by atoms with van der Waals surface area (Å²) in [6.45, 7) is 0.475. The number of alkyl halides is 1. The van der Waals surface area contributed by atoms with Crippen molar-refractivity contribution in [2.75, 3.05) is 13.7 Å². The molecule has 0 amide bonds. The summed E-state index contributed by atoms with van der Waals surface area (Å²) in [6, 6.07) is 0. The van der Waals surface area contributed by atoms with E-state index in [0.29, 0.717) is 17.4 Å². The molecule has 0 N–H and O–H groups in total. The monoisotopic (exact) mass is 208 g/mol. The summed E-state index contributed by atoms with van der Waals surface area (Å²) >= 11 is 3.39. The Kier molecular flexibility index (Phi) is 2.54. The molecule has 1 aliphatic carbocycles.